The molecule has 0 saturated carbocycles. The molecule has 0 atom stereocenters. The van der Waals surface area contributed by atoms with Crippen LogP contribution in [0.5, 0.6) is 5.88 Å². The van der Waals surface area contributed by atoms with Crippen molar-refractivity contribution in [2.24, 2.45) is 0 Å². The third-order valence-corrected chi connectivity index (χ3v) is 6.87. The van der Waals surface area contributed by atoms with E-state index in [-0.39, 0.29) is 21.9 Å². The van der Waals surface area contributed by atoms with Crippen LogP contribution in [-0.4, -0.2) is 36.2 Å². The molecule has 3 rings (SSSR count). The quantitative estimate of drug-likeness (QED) is 0.389. The molecule has 7 nitrogen and oxygen atoms in total. The van der Waals surface area contributed by atoms with Crippen molar-refractivity contribution >= 4 is 33.2 Å². The van der Waals surface area contributed by atoms with E-state index >= 15 is 0 Å². The van der Waals surface area contributed by atoms with Gasteiger partial charge in [-0.1, -0.05) is 11.6 Å². The Hall–Kier alpha value is -2.97. The number of aromatic nitrogens is 2. The Bertz CT molecular complexity index is 1330. The lowest BCUT2D eigenvalue weighted by molar-refractivity contribution is 0.0716. The van der Waals surface area contributed by atoms with Crippen molar-refractivity contribution in [1.82, 2.24) is 9.78 Å². The fourth-order valence-electron chi connectivity index (χ4n) is 3.61. The second-order valence-corrected chi connectivity index (χ2v) is 9.89. The average molecular weight is 475 g/mol. The Balaban J connectivity index is 2.06. The van der Waals surface area contributed by atoms with E-state index in [1.807, 2.05) is 0 Å². The minimum Gasteiger partial charge on any atom is -0.403 e. The van der Waals surface area contributed by atoms with Crippen LogP contribution in [0.2, 0.25) is 5.02 Å². The van der Waals surface area contributed by atoms with E-state index in [9.17, 15) is 18.0 Å². The highest BCUT2D eigenvalue weighted by atomic mass is 35.5. The lowest BCUT2D eigenvalue weighted by atomic mass is 9.95. The second kappa shape index (κ2) is 8.88. The van der Waals surface area contributed by atoms with Crippen LogP contribution in [0.15, 0.2) is 41.4 Å². The zero-order chi connectivity index (χ0) is 23.8. The number of esters is 1. The molecule has 0 bridgehead atoms. The SMILES string of the molecule is CCn1ncc(C(=O)c2cc(C)c(S(C)(=O)=O)c(C)c2C)c1OC(=O)c1ccc(Cl)cc1. The Kier molecular flexibility index (Phi) is 6.57. The van der Waals surface area contributed by atoms with Crippen LogP contribution in [0.4, 0.5) is 0 Å². The molecule has 0 unspecified atom stereocenters. The number of halogens is 1. The standard InChI is InChI=1S/C23H23ClN2O5S/c1-6-26-22(31-23(28)16-7-9-17(24)10-8-16)19(12-25-26)20(27)18-11-13(2)21(32(5,29)30)15(4)14(18)3/h7-12H,6H2,1-5H3. The number of ketones is 1. The van der Waals surface area contributed by atoms with Crippen molar-refractivity contribution in [1.29, 1.82) is 0 Å². The van der Waals surface area contributed by atoms with Gasteiger partial charge in [-0.05, 0) is 74.7 Å². The molecule has 1 aromatic heterocycles. The maximum absolute atomic E-state index is 13.4. The van der Waals surface area contributed by atoms with Gasteiger partial charge in [0.25, 0.3) is 0 Å². The molecular formula is C23H23ClN2O5S. The number of hydrogen-bond donors (Lipinski definition) is 0. The summed E-state index contributed by atoms with van der Waals surface area (Å²) in [5.41, 5.74) is 2.24. The fourth-order valence-corrected chi connectivity index (χ4v) is 5.08. The third kappa shape index (κ3) is 4.47. The minimum absolute atomic E-state index is 0.0272. The molecule has 1 heterocycles. The van der Waals surface area contributed by atoms with E-state index in [0.717, 1.165) is 6.26 Å². The lowest BCUT2D eigenvalue weighted by Gasteiger charge is -2.15. The van der Waals surface area contributed by atoms with Gasteiger partial charge in [-0.2, -0.15) is 5.10 Å². The van der Waals surface area contributed by atoms with Gasteiger partial charge in [0, 0.05) is 23.4 Å². The van der Waals surface area contributed by atoms with Crippen molar-refractivity contribution < 1.29 is 22.7 Å². The molecular weight excluding hydrogens is 452 g/mol. The largest absolute Gasteiger partial charge is 0.403 e. The molecule has 32 heavy (non-hydrogen) atoms. The number of benzene rings is 2. The van der Waals surface area contributed by atoms with Crippen LogP contribution in [0, 0.1) is 20.8 Å². The second-order valence-electron chi connectivity index (χ2n) is 7.50. The topological polar surface area (TPSA) is 95.3 Å². The zero-order valence-corrected chi connectivity index (χ0v) is 20.0. The lowest BCUT2D eigenvalue weighted by Crippen LogP contribution is -2.15. The molecule has 0 radical (unpaired) electrons. The van der Waals surface area contributed by atoms with Crippen LogP contribution >= 0.6 is 11.6 Å². The summed E-state index contributed by atoms with van der Waals surface area (Å²) in [6.07, 6.45) is 2.49. The van der Waals surface area contributed by atoms with Gasteiger partial charge >= 0.3 is 5.97 Å². The van der Waals surface area contributed by atoms with Gasteiger partial charge in [0.15, 0.2) is 15.6 Å². The van der Waals surface area contributed by atoms with Crippen molar-refractivity contribution in [2.45, 2.75) is 39.1 Å². The molecule has 2 aromatic carbocycles. The first-order chi connectivity index (χ1) is 15.0. The number of hydrogen-bond acceptors (Lipinski definition) is 6. The first-order valence-corrected chi connectivity index (χ1v) is 12.1. The van der Waals surface area contributed by atoms with Crippen molar-refractivity contribution in [3.05, 3.63) is 74.9 Å². The summed E-state index contributed by atoms with van der Waals surface area (Å²) < 4.78 is 31.3. The van der Waals surface area contributed by atoms with E-state index < -0.39 is 21.6 Å². The van der Waals surface area contributed by atoms with E-state index in [1.54, 1.807) is 45.9 Å². The molecule has 0 fully saturated rings. The van der Waals surface area contributed by atoms with Crippen molar-refractivity contribution in [3.63, 3.8) is 0 Å². The van der Waals surface area contributed by atoms with Crippen LogP contribution in [-0.2, 0) is 16.4 Å². The van der Waals surface area contributed by atoms with E-state index in [2.05, 4.69) is 5.10 Å². The van der Waals surface area contributed by atoms with Gasteiger partial charge < -0.3 is 4.74 Å². The molecule has 0 amide bonds. The highest BCUT2D eigenvalue weighted by molar-refractivity contribution is 7.90. The Morgan fingerprint density at radius 3 is 2.25 bits per heavy atom. The van der Waals surface area contributed by atoms with Crippen molar-refractivity contribution in [2.75, 3.05) is 6.26 Å². The van der Waals surface area contributed by atoms with E-state index in [0.29, 0.717) is 33.8 Å². The van der Waals surface area contributed by atoms with Gasteiger partial charge in [-0.3, -0.25) is 4.79 Å². The van der Waals surface area contributed by atoms with Crippen molar-refractivity contribution in [3.8, 4) is 5.88 Å². The molecule has 0 aliphatic heterocycles. The molecule has 9 heteroatoms. The number of carbonyl (C=O) groups is 2. The summed E-state index contributed by atoms with van der Waals surface area (Å²) in [7, 11) is -3.46. The normalized spacial score (nSPS) is 11.4. The van der Waals surface area contributed by atoms with Gasteiger partial charge in [-0.25, -0.2) is 17.9 Å². The van der Waals surface area contributed by atoms with Crippen LogP contribution in [0.1, 0.15) is 49.9 Å². The Morgan fingerprint density at radius 2 is 1.69 bits per heavy atom. The monoisotopic (exact) mass is 474 g/mol. The highest BCUT2D eigenvalue weighted by Crippen LogP contribution is 2.30. The van der Waals surface area contributed by atoms with Gasteiger partial charge in [-0.15, -0.1) is 0 Å². The smallest absolute Gasteiger partial charge is 0.344 e. The zero-order valence-electron chi connectivity index (χ0n) is 18.4. The predicted molar refractivity (Wildman–Crippen MR) is 122 cm³/mol. The summed E-state index contributed by atoms with van der Waals surface area (Å²) in [5, 5.41) is 4.66. The molecule has 0 aliphatic carbocycles. The fraction of sp³-hybridized carbons (Fsp3) is 0.261. The predicted octanol–water partition coefficient (Wildman–Crippen LogP) is 4.34. The molecule has 0 N–H and O–H groups in total. The summed E-state index contributed by atoms with van der Waals surface area (Å²) in [6.45, 7) is 7.20. The number of aryl methyl sites for hydroxylation is 2. The number of rotatable bonds is 6. The maximum Gasteiger partial charge on any atom is 0.344 e. The number of carbonyl (C=O) groups excluding carboxylic acids is 2. The van der Waals surface area contributed by atoms with Gasteiger partial charge in [0.1, 0.15) is 5.56 Å². The Labute approximate surface area is 191 Å². The molecule has 168 valence electrons. The first kappa shape index (κ1) is 23.7. The molecule has 3 aromatic rings. The highest BCUT2D eigenvalue weighted by Gasteiger charge is 2.27. The molecule has 0 saturated heterocycles. The molecule has 0 spiro atoms. The van der Waals surface area contributed by atoms with Gasteiger partial charge in [0.2, 0.25) is 5.88 Å². The minimum atomic E-state index is -3.46. The summed E-state index contributed by atoms with van der Waals surface area (Å²) in [6, 6.07) is 7.74. The number of nitrogens with zero attached hydrogens (tertiary/aromatic N) is 2. The average Bonchev–Trinajstić information content (AvgIpc) is 3.12. The van der Waals surface area contributed by atoms with Crippen LogP contribution in [0.3, 0.4) is 0 Å². The third-order valence-electron chi connectivity index (χ3n) is 5.25. The van der Waals surface area contributed by atoms with Crippen LogP contribution < -0.4 is 4.74 Å². The van der Waals surface area contributed by atoms with E-state index in [4.69, 9.17) is 16.3 Å². The summed E-state index contributed by atoms with van der Waals surface area (Å²) >= 11 is 5.87. The number of sulfone groups is 1. The van der Waals surface area contributed by atoms with Crippen LogP contribution in [0.25, 0.3) is 0 Å². The van der Waals surface area contributed by atoms with Gasteiger partial charge in [0.05, 0.1) is 16.7 Å². The first-order valence-electron chi connectivity index (χ1n) is 9.84. The summed E-state index contributed by atoms with van der Waals surface area (Å²) in [5.74, 6) is -1.03. The number of ether oxygens (including phenoxy) is 1. The summed E-state index contributed by atoms with van der Waals surface area (Å²) in [4.78, 5) is 26.3. The molecule has 0 aliphatic rings. The van der Waals surface area contributed by atoms with E-state index in [1.165, 1.54) is 23.0 Å². The maximum atomic E-state index is 13.4. The Morgan fingerprint density at radius 1 is 1.06 bits per heavy atom.